The van der Waals surface area contributed by atoms with E-state index in [1.54, 1.807) is 12.1 Å². The van der Waals surface area contributed by atoms with E-state index in [1.165, 1.54) is 7.11 Å². The molecule has 6 heteroatoms. The zero-order chi connectivity index (χ0) is 17.7. The number of carbonyl (C=O) groups excluding carboxylic acids is 1. The minimum atomic E-state index is -0.377. The molecule has 24 heavy (non-hydrogen) atoms. The average Bonchev–Trinajstić information content (AvgIpc) is 2.59. The Morgan fingerprint density at radius 1 is 1.25 bits per heavy atom. The Labute approximate surface area is 142 Å². The molecule has 132 valence electrons. The van der Waals surface area contributed by atoms with Gasteiger partial charge in [-0.15, -0.1) is 0 Å². The summed E-state index contributed by atoms with van der Waals surface area (Å²) in [6, 6.07) is 7.58. The lowest BCUT2D eigenvalue weighted by atomic mass is 9.84. The number of nitro benzene ring substituents is 1. The van der Waals surface area contributed by atoms with Crippen molar-refractivity contribution in [3.8, 4) is 0 Å². The van der Waals surface area contributed by atoms with Crippen molar-refractivity contribution in [2.24, 2.45) is 5.92 Å². The van der Waals surface area contributed by atoms with Crippen molar-refractivity contribution in [1.82, 2.24) is 4.90 Å². The Morgan fingerprint density at radius 3 is 2.29 bits per heavy atom. The molecule has 1 aliphatic rings. The third-order valence-corrected chi connectivity index (χ3v) is 4.88. The minimum Gasteiger partial charge on any atom is -0.469 e. The fourth-order valence-corrected chi connectivity index (χ4v) is 3.48. The van der Waals surface area contributed by atoms with Crippen LogP contribution in [0.25, 0.3) is 0 Å². The summed E-state index contributed by atoms with van der Waals surface area (Å²) >= 11 is 0. The Bertz CT molecular complexity index is 563. The van der Waals surface area contributed by atoms with E-state index in [4.69, 9.17) is 4.74 Å². The number of hydrogen-bond donors (Lipinski definition) is 0. The molecule has 0 amide bonds. The smallest absolute Gasteiger partial charge is 0.308 e. The molecule has 1 saturated carbocycles. The maximum atomic E-state index is 11.7. The molecule has 1 aromatic rings. The van der Waals surface area contributed by atoms with Gasteiger partial charge in [0.2, 0.25) is 0 Å². The Hall–Kier alpha value is -1.95. The number of ether oxygens (including phenoxy) is 1. The van der Waals surface area contributed by atoms with Gasteiger partial charge in [-0.2, -0.15) is 0 Å². The quantitative estimate of drug-likeness (QED) is 0.452. The topological polar surface area (TPSA) is 72.7 Å². The first kappa shape index (κ1) is 18.4. The minimum absolute atomic E-state index is 0.0274. The van der Waals surface area contributed by atoms with Gasteiger partial charge >= 0.3 is 5.97 Å². The number of carbonyl (C=O) groups is 1. The Morgan fingerprint density at radius 2 is 1.83 bits per heavy atom. The number of nitro groups is 1. The molecule has 0 atom stereocenters. The predicted molar refractivity (Wildman–Crippen MR) is 91.5 cm³/mol. The highest BCUT2D eigenvalue weighted by Crippen LogP contribution is 2.30. The van der Waals surface area contributed by atoms with Gasteiger partial charge < -0.3 is 4.74 Å². The number of methoxy groups -OCH3 is 1. The van der Waals surface area contributed by atoms with Gasteiger partial charge in [-0.3, -0.25) is 19.8 Å². The molecular formula is C18H26N2O4. The number of benzene rings is 1. The summed E-state index contributed by atoms with van der Waals surface area (Å²) in [6.07, 6.45) is 3.68. The largest absolute Gasteiger partial charge is 0.469 e. The summed E-state index contributed by atoms with van der Waals surface area (Å²) in [6.45, 7) is 5.10. The van der Waals surface area contributed by atoms with Gasteiger partial charge in [0.1, 0.15) is 0 Å². The molecule has 0 unspecified atom stereocenters. The monoisotopic (exact) mass is 334 g/mol. The molecule has 0 radical (unpaired) electrons. The van der Waals surface area contributed by atoms with Crippen molar-refractivity contribution in [3.63, 3.8) is 0 Å². The molecule has 0 saturated heterocycles. The van der Waals surface area contributed by atoms with Crippen LogP contribution in [-0.4, -0.2) is 35.0 Å². The molecular weight excluding hydrogens is 308 g/mol. The van der Waals surface area contributed by atoms with Gasteiger partial charge in [0.15, 0.2) is 0 Å². The highest BCUT2D eigenvalue weighted by atomic mass is 16.6. The maximum absolute atomic E-state index is 11.7. The lowest BCUT2D eigenvalue weighted by Crippen LogP contribution is -2.42. The normalized spacial score (nSPS) is 21.0. The highest BCUT2D eigenvalue weighted by Gasteiger charge is 2.31. The van der Waals surface area contributed by atoms with E-state index >= 15 is 0 Å². The van der Waals surface area contributed by atoms with Crippen LogP contribution in [0.5, 0.6) is 0 Å². The van der Waals surface area contributed by atoms with Crippen LogP contribution in [0.4, 0.5) is 5.69 Å². The molecule has 1 fully saturated rings. The van der Waals surface area contributed by atoms with Crippen molar-refractivity contribution in [3.05, 3.63) is 39.9 Å². The van der Waals surface area contributed by atoms with E-state index in [-0.39, 0.29) is 22.5 Å². The molecule has 0 spiro atoms. The lowest BCUT2D eigenvalue weighted by Gasteiger charge is -2.38. The van der Waals surface area contributed by atoms with Crippen molar-refractivity contribution in [2.45, 2.75) is 58.2 Å². The van der Waals surface area contributed by atoms with E-state index in [0.717, 1.165) is 37.8 Å². The summed E-state index contributed by atoms with van der Waals surface area (Å²) in [5.74, 6) is -0.0699. The third-order valence-electron chi connectivity index (χ3n) is 4.88. The number of hydrogen-bond acceptors (Lipinski definition) is 5. The molecule has 6 nitrogen and oxygen atoms in total. The average molecular weight is 334 g/mol. The first-order valence-corrected chi connectivity index (χ1v) is 8.49. The molecule has 1 aromatic carbocycles. The van der Waals surface area contributed by atoms with Crippen LogP contribution in [0.1, 0.15) is 45.1 Å². The second-order valence-electron chi connectivity index (χ2n) is 6.72. The van der Waals surface area contributed by atoms with E-state index in [2.05, 4.69) is 18.7 Å². The van der Waals surface area contributed by atoms with Gasteiger partial charge in [0.05, 0.1) is 18.0 Å². The van der Waals surface area contributed by atoms with E-state index in [9.17, 15) is 14.9 Å². The van der Waals surface area contributed by atoms with E-state index in [0.29, 0.717) is 12.1 Å². The fraction of sp³-hybridized carbons (Fsp3) is 0.611. The summed E-state index contributed by atoms with van der Waals surface area (Å²) in [5, 5.41) is 10.8. The fourth-order valence-electron chi connectivity index (χ4n) is 3.48. The molecule has 1 aliphatic carbocycles. The van der Waals surface area contributed by atoms with Crippen molar-refractivity contribution < 1.29 is 14.5 Å². The first-order valence-electron chi connectivity index (χ1n) is 8.49. The summed E-state index contributed by atoms with van der Waals surface area (Å²) in [4.78, 5) is 24.5. The lowest BCUT2D eigenvalue weighted by molar-refractivity contribution is -0.384. The van der Waals surface area contributed by atoms with Crippen LogP contribution in [0.15, 0.2) is 24.3 Å². The molecule has 2 rings (SSSR count). The van der Waals surface area contributed by atoms with Crippen molar-refractivity contribution in [1.29, 1.82) is 0 Å². The van der Waals surface area contributed by atoms with Crippen molar-refractivity contribution in [2.75, 3.05) is 7.11 Å². The van der Waals surface area contributed by atoms with E-state index in [1.807, 2.05) is 12.1 Å². The van der Waals surface area contributed by atoms with Crippen molar-refractivity contribution >= 4 is 11.7 Å². The number of rotatable bonds is 6. The molecule has 0 aromatic heterocycles. The SMILES string of the molecule is COC(=O)C1CCC(N(Cc2ccc([N+](=O)[O-])cc2)C(C)C)CC1. The van der Waals surface area contributed by atoms with Gasteiger partial charge in [0.25, 0.3) is 5.69 Å². The second kappa shape index (κ2) is 8.24. The van der Waals surface area contributed by atoms with Crippen LogP contribution < -0.4 is 0 Å². The van der Waals surface area contributed by atoms with Crippen LogP contribution in [0.3, 0.4) is 0 Å². The molecule has 0 bridgehead atoms. The van der Waals surface area contributed by atoms with Gasteiger partial charge in [0, 0.05) is 30.8 Å². The second-order valence-corrected chi connectivity index (χ2v) is 6.72. The number of esters is 1. The number of nitrogens with zero attached hydrogens (tertiary/aromatic N) is 2. The van der Waals surface area contributed by atoms with Gasteiger partial charge in [-0.25, -0.2) is 0 Å². The van der Waals surface area contributed by atoms with Gasteiger partial charge in [-0.1, -0.05) is 12.1 Å². The van der Waals surface area contributed by atoms with E-state index < -0.39 is 0 Å². The zero-order valence-corrected chi connectivity index (χ0v) is 14.6. The molecule has 0 heterocycles. The molecule has 0 N–H and O–H groups in total. The Balaban J connectivity index is 2.00. The Kier molecular flexibility index (Phi) is 6.31. The van der Waals surface area contributed by atoms with Crippen LogP contribution in [-0.2, 0) is 16.1 Å². The van der Waals surface area contributed by atoms with Crippen LogP contribution in [0, 0.1) is 16.0 Å². The van der Waals surface area contributed by atoms with Crippen LogP contribution in [0.2, 0.25) is 0 Å². The number of non-ortho nitro benzene ring substituents is 1. The summed E-state index contributed by atoms with van der Waals surface area (Å²) in [5.41, 5.74) is 1.19. The molecule has 0 aliphatic heterocycles. The first-order chi connectivity index (χ1) is 11.4. The van der Waals surface area contributed by atoms with Crippen LogP contribution >= 0.6 is 0 Å². The standard InChI is InChI=1S/C18H26N2O4/c1-13(2)19(12-14-4-8-17(9-5-14)20(22)23)16-10-6-15(7-11-16)18(21)24-3/h4-5,8-9,13,15-16H,6-7,10-12H2,1-3H3. The predicted octanol–water partition coefficient (Wildman–Crippen LogP) is 3.54. The van der Waals surface area contributed by atoms with Gasteiger partial charge in [-0.05, 0) is 45.1 Å². The maximum Gasteiger partial charge on any atom is 0.308 e. The summed E-state index contributed by atoms with van der Waals surface area (Å²) < 4.78 is 4.85. The highest BCUT2D eigenvalue weighted by molar-refractivity contribution is 5.72. The zero-order valence-electron chi connectivity index (χ0n) is 14.6. The summed E-state index contributed by atoms with van der Waals surface area (Å²) in [7, 11) is 1.45. The third kappa shape index (κ3) is 4.54.